The summed E-state index contributed by atoms with van der Waals surface area (Å²) in [6, 6.07) is 6.70. The molecule has 0 unspecified atom stereocenters. The van der Waals surface area contributed by atoms with E-state index in [0.29, 0.717) is 11.4 Å². The highest BCUT2D eigenvalue weighted by Crippen LogP contribution is 2.19. The van der Waals surface area contributed by atoms with Crippen LogP contribution >= 0.6 is 27.5 Å². The van der Waals surface area contributed by atoms with Gasteiger partial charge < -0.3 is 19.5 Å². The van der Waals surface area contributed by atoms with E-state index in [1.807, 2.05) is 12.1 Å². The Bertz CT molecular complexity index is 1090. The maximum absolute atomic E-state index is 12.7. The molecule has 1 N–H and O–H groups in total. The molecule has 0 aliphatic heterocycles. The fourth-order valence-corrected chi connectivity index (χ4v) is 3.46. The number of hydrogen-bond acceptors (Lipinski definition) is 7. The second-order valence-electron chi connectivity index (χ2n) is 9.87. The van der Waals surface area contributed by atoms with Crippen LogP contribution in [0.5, 0.6) is 5.88 Å². The lowest BCUT2D eigenvalue weighted by Crippen LogP contribution is -2.43. The van der Waals surface area contributed by atoms with Gasteiger partial charge in [-0.1, -0.05) is 23.7 Å². The first-order chi connectivity index (χ1) is 16.1. The molecule has 192 valence electrons. The Balaban J connectivity index is 2.14. The molecule has 1 aromatic carbocycles. The van der Waals surface area contributed by atoms with Gasteiger partial charge in [-0.15, -0.1) is 0 Å². The molecule has 2 aromatic rings. The molecular formula is C24H31BrClN3O6. The smallest absolute Gasteiger partial charge is 0.408 e. The number of nitrogens with zero attached hydrogens (tertiary/aromatic N) is 2. The normalized spacial score (nSPS) is 12.6. The summed E-state index contributed by atoms with van der Waals surface area (Å²) in [7, 11) is 0. The second-order valence-corrected chi connectivity index (χ2v) is 11.1. The summed E-state index contributed by atoms with van der Waals surface area (Å²) in [5.41, 5.74) is -0.928. The first-order valence-corrected chi connectivity index (χ1v) is 12.1. The largest absolute Gasteiger partial charge is 0.474 e. The van der Waals surface area contributed by atoms with Crippen molar-refractivity contribution in [2.45, 2.75) is 71.8 Å². The summed E-state index contributed by atoms with van der Waals surface area (Å²) in [5, 5.41) is 3.39. The molecule has 0 spiro atoms. The minimum absolute atomic E-state index is 0.00296. The van der Waals surface area contributed by atoms with Crippen molar-refractivity contribution in [3.05, 3.63) is 56.0 Å². The van der Waals surface area contributed by atoms with Crippen molar-refractivity contribution in [1.29, 1.82) is 0 Å². The molecule has 0 fully saturated rings. The Morgan fingerprint density at radius 3 is 2.26 bits per heavy atom. The number of rotatable bonds is 8. The molecule has 0 aliphatic carbocycles. The second kappa shape index (κ2) is 11.9. The zero-order valence-corrected chi connectivity index (χ0v) is 23.0. The van der Waals surface area contributed by atoms with Crippen molar-refractivity contribution in [1.82, 2.24) is 14.9 Å². The Kier molecular flexibility index (Phi) is 9.74. The van der Waals surface area contributed by atoms with Gasteiger partial charge in [-0.05, 0) is 81.6 Å². The number of ether oxygens (including phenoxy) is 3. The van der Waals surface area contributed by atoms with E-state index in [0.717, 1.165) is 10.1 Å². The van der Waals surface area contributed by atoms with E-state index in [9.17, 15) is 14.4 Å². The van der Waals surface area contributed by atoms with Gasteiger partial charge in [0.1, 0.15) is 35.2 Å². The standard InChI is InChI=1S/C24H31BrClN3O6/c1-23(2,3)34-18(30)12-29-14-27-20(19(25)21(29)31)33-13-17(28-22(32)35-24(4,5)6)11-15-7-9-16(26)10-8-15/h7-10,14,17H,11-13H2,1-6H3,(H,28,32)/t17-/m1/s1. The van der Waals surface area contributed by atoms with Gasteiger partial charge in [0, 0.05) is 5.02 Å². The predicted octanol–water partition coefficient (Wildman–Crippen LogP) is 4.52. The zero-order chi connectivity index (χ0) is 26.4. The Hall–Kier alpha value is -2.59. The number of nitrogens with one attached hydrogen (secondary N) is 1. The number of benzene rings is 1. The Labute approximate surface area is 218 Å². The lowest BCUT2D eigenvalue weighted by Gasteiger charge is -2.24. The van der Waals surface area contributed by atoms with Gasteiger partial charge in [0.05, 0.1) is 6.04 Å². The summed E-state index contributed by atoms with van der Waals surface area (Å²) >= 11 is 9.16. The fraction of sp³-hybridized carbons (Fsp3) is 0.500. The first kappa shape index (κ1) is 28.6. The lowest BCUT2D eigenvalue weighted by atomic mass is 10.1. The highest BCUT2D eigenvalue weighted by atomic mass is 79.9. The minimum atomic E-state index is -0.672. The molecule has 1 atom stereocenters. The highest BCUT2D eigenvalue weighted by Gasteiger charge is 2.22. The van der Waals surface area contributed by atoms with Crippen LogP contribution in [-0.2, 0) is 27.2 Å². The average Bonchev–Trinajstić information content (AvgIpc) is 2.69. The van der Waals surface area contributed by atoms with Gasteiger partial charge >= 0.3 is 12.1 Å². The van der Waals surface area contributed by atoms with Crippen LogP contribution in [0.15, 0.2) is 39.9 Å². The third-order valence-corrected chi connectivity index (χ3v) is 5.14. The average molecular weight is 573 g/mol. The highest BCUT2D eigenvalue weighted by molar-refractivity contribution is 9.10. The van der Waals surface area contributed by atoms with Gasteiger partial charge in [0.2, 0.25) is 5.88 Å². The van der Waals surface area contributed by atoms with E-state index in [1.54, 1.807) is 53.7 Å². The van der Waals surface area contributed by atoms with Crippen LogP contribution in [0, 0.1) is 0 Å². The van der Waals surface area contributed by atoms with Crippen molar-refractivity contribution < 1.29 is 23.8 Å². The van der Waals surface area contributed by atoms with Crippen LogP contribution in [0.1, 0.15) is 47.1 Å². The molecule has 0 radical (unpaired) electrons. The van der Waals surface area contributed by atoms with E-state index >= 15 is 0 Å². The van der Waals surface area contributed by atoms with Crippen molar-refractivity contribution in [3.63, 3.8) is 0 Å². The lowest BCUT2D eigenvalue weighted by molar-refractivity contribution is -0.155. The van der Waals surface area contributed by atoms with E-state index < -0.39 is 34.9 Å². The molecule has 0 aliphatic rings. The number of halogens is 2. The van der Waals surface area contributed by atoms with Crippen molar-refractivity contribution in [2.24, 2.45) is 0 Å². The monoisotopic (exact) mass is 571 g/mol. The van der Waals surface area contributed by atoms with E-state index in [1.165, 1.54) is 6.33 Å². The number of alkyl carbamates (subject to hydrolysis) is 1. The minimum Gasteiger partial charge on any atom is -0.474 e. The van der Waals surface area contributed by atoms with Crippen LogP contribution in [-0.4, -0.2) is 45.5 Å². The number of esters is 1. The van der Waals surface area contributed by atoms with Gasteiger partial charge in [0.25, 0.3) is 5.56 Å². The quantitative estimate of drug-likeness (QED) is 0.464. The van der Waals surface area contributed by atoms with Crippen molar-refractivity contribution >= 4 is 39.6 Å². The summed E-state index contributed by atoms with van der Waals surface area (Å²) in [4.78, 5) is 41.3. The van der Waals surface area contributed by atoms with Crippen molar-refractivity contribution in [3.8, 4) is 5.88 Å². The molecule has 9 nitrogen and oxygen atoms in total. The number of carbonyl (C=O) groups is 2. The van der Waals surface area contributed by atoms with Crippen LogP contribution in [0.4, 0.5) is 4.79 Å². The molecule has 0 bridgehead atoms. The summed E-state index contributed by atoms with van der Waals surface area (Å²) in [6.07, 6.45) is 1.03. The van der Waals surface area contributed by atoms with Crippen LogP contribution in [0.2, 0.25) is 5.02 Å². The van der Waals surface area contributed by atoms with E-state index in [-0.39, 0.29) is 23.5 Å². The molecule has 35 heavy (non-hydrogen) atoms. The van der Waals surface area contributed by atoms with Gasteiger partial charge in [-0.2, -0.15) is 0 Å². The third kappa shape index (κ3) is 10.3. The van der Waals surface area contributed by atoms with Gasteiger partial charge in [-0.3, -0.25) is 14.2 Å². The molecule has 2 rings (SSSR count). The molecule has 1 amide bonds. The van der Waals surface area contributed by atoms with Crippen LogP contribution in [0.3, 0.4) is 0 Å². The number of amides is 1. The number of aromatic nitrogens is 2. The third-order valence-electron chi connectivity index (χ3n) is 4.21. The van der Waals surface area contributed by atoms with Crippen molar-refractivity contribution in [2.75, 3.05) is 6.61 Å². The Morgan fingerprint density at radius 1 is 1.09 bits per heavy atom. The topological polar surface area (TPSA) is 109 Å². The Morgan fingerprint density at radius 2 is 1.69 bits per heavy atom. The molecule has 1 aromatic heterocycles. The predicted molar refractivity (Wildman–Crippen MR) is 136 cm³/mol. The molecule has 0 saturated carbocycles. The summed E-state index contributed by atoms with van der Waals surface area (Å²) < 4.78 is 17.5. The maximum atomic E-state index is 12.7. The number of hydrogen-bond donors (Lipinski definition) is 1. The SMILES string of the molecule is CC(C)(C)OC(=O)Cn1cnc(OC[C@@H](Cc2ccc(Cl)cc2)NC(=O)OC(C)(C)C)c(Br)c1=O. The van der Waals surface area contributed by atoms with Gasteiger partial charge in [-0.25, -0.2) is 9.78 Å². The first-order valence-electron chi connectivity index (χ1n) is 11.0. The maximum Gasteiger partial charge on any atom is 0.408 e. The zero-order valence-electron chi connectivity index (χ0n) is 20.7. The molecule has 11 heteroatoms. The molecule has 0 saturated heterocycles. The van der Waals surface area contributed by atoms with Crippen LogP contribution in [0.25, 0.3) is 0 Å². The molecular weight excluding hydrogens is 542 g/mol. The van der Waals surface area contributed by atoms with E-state index in [4.69, 9.17) is 25.8 Å². The van der Waals surface area contributed by atoms with E-state index in [2.05, 4.69) is 26.2 Å². The van der Waals surface area contributed by atoms with Crippen LogP contribution < -0.4 is 15.6 Å². The van der Waals surface area contributed by atoms with Gasteiger partial charge in [0.15, 0.2) is 0 Å². The fourth-order valence-electron chi connectivity index (χ4n) is 2.89. The molecule has 1 heterocycles. The summed E-state index contributed by atoms with van der Waals surface area (Å²) in [5.74, 6) is -0.533. The number of carbonyl (C=O) groups excluding carboxylic acids is 2. The summed E-state index contributed by atoms with van der Waals surface area (Å²) in [6.45, 7) is 10.2.